The molecule has 0 aliphatic rings. The van der Waals surface area contributed by atoms with Gasteiger partial charge in [-0.25, -0.2) is 4.79 Å². The number of amides is 1. The van der Waals surface area contributed by atoms with E-state index in [1.54, 1.807) is 31.2 Å². The molecular weight excluding hydrogens is 344 g/mol. The molecule has 0 bridgehead atoms. The molecule has 134 valence electrons. The first-order valence-corrected chi connectivity index (χ1v) is 8.49. The number of aromatic amines is 1. The lowest BCUT2D eigenvalue weighted by atomic mass is 10.2. The molecule has 0 aliphatic heterocycles. The summed E-state index contributed by atoms with van der Waals surface area (Å²) < 4.78 is 1.28. The Kier molecular flexibility index (Phi) is 6.03. The number of anilines is 2. The number of hydrogen-bond acceptors (Lipinski definition) is 4. The molecule has 1 aromatic carbocycles. The number of unbranched alkanes of at least 4 members (excludes halogenated alkanes) is 1. The quantitative estimate of drug-likeness (QED) is 0.820. The summed E-state index contributed by atoms with van der Waals surface area (Å²) in [6, 6.07) is 6.56. The van der Waals surface area contributed by atoms with Crippen molar-refractivity contribution in [2.24, 2.45) is 0 Å². The van der Waals surface area contributed by atoms with Crippen molar-refractivity contribution in [3.8, 4) is 0 Å². The van der Waals surface area contributed by atoms with Crippen molar-refractivity contribution >= 4 is 29.0 Å². The summed E-state index contributed by atoms with van der Waals surface area (Å²) in [5, 5.41) is 0.278. The number of carbonyl (C=O) groups excluding carboxylic acids is 1. The van der Waals surface area contributed by atoms with Crippen LogP contribution in [0.25, 0.3) is 0 Å². The second-order valence-electron chi connectivity index (χ2n) is 5.53. The molecule has 0 saturated carbocycles. The van der Waals surface area contributed by atoms with Crippen LogP contribution in [0.1, 0.15) is 37.0 Å². The Morgan fingerprint density at radius 3 is 2.56 bits per heavy atom. The Bertz CT molecular complexity index is 888. The largest absolute Gasteiger partial charge is 0.383 e. The Labute approximate surface area is 150 Å². The fraction of sp³-hybridized carbons (Fsp3) is 0.353. The molecule has 2 rings (SSSR count). The molecule has 2 aromatic rings. The van der Waals surface area contributed by atoms with E-state index in [1.807, 2.05) is 6.92 Å². The van der Waals surface area contributed by atoms with Gasteiger partial charge in [0.15, 0.2) is 5.69 Å². The number of carbonyl (C=O) groups is 1. The van der Waals surface area contributed by atoms with E-state index in [0.29, 0.717) is 6.54 Å². The standard InChI is InChI=1S/C17H21ClN4O3/c1-3-5-10-22-14(19)13(15(23)20-17(22)25)21(4-2)16(24)11-8-6-7-9-12(11)18/h6-9H,3-5,10,19H2,1-2H3,(H,20,23,25). The molecule has 25 heavy (non-hydrogen) atoms. The van der Waals surface area contributed by atoms with Gasteiger partial charge in [0.1, 0.15) is 5.82 Å². The van der Waals surface area contributed by atoms with Gasteiger partial charge >= 0.3 is 5.69 Å². The molecule has 0 saturated heterocycles. The van der Waals surface area contributed by atoms with E-state index in [4.69, 9.17) is 17.3 Å². The van der Waals surface area contributed by atoms with Crippen molar-refractivity contribution in [3.05, 3.63) is 55.7 Å². The zero-order valence-corrected chi connectivity index (χ0v) is 15.0. The van der Waals surface area contributed by atoms with E-state index >= 15 is 0 Å². The maximum atomic E-state index is 12.9. The molecule has 0 radical (unpaired) electrons. The van der Waals surface area contributed by atoms with Gasteiger partial charge in [0, 0.05) is 13.1 Å². The first-order valence-electron chi connectivity index (χ1n) is 8.11. The minimum Gasteiger partial charge on any atom is -0.383 e. The van der Waals surface area contributed by atoms with Gasteiger partial charge in [-0.3, -0.25) is 19.1 Å². The molecular formula is C17H21ClN4O3. The van der Waals surface area contributed by atoms with Crippen molar-refractivity contribution in [2.45, 2.75) is 33.2 Å². The number of nitrogens with zero attached hydrogens (tertiary/aromatic N) is 2. The van der Waals surface area contributed by atoms with Gasteiger partial charge in [-0.2, -0.15) is 0 Å². The molecule has 7 nitrogen and oxygen atoms in total. The number of nitrogen functional groups attached to an aromatic ring is 1. The fourth-order valence-electron chi connectivity index (χ4n) is 2.56. The predicted molar refractivity (Wildman–Crippen MR) is 99.4 cm³/mol. The molecule has 0 spiro atoms. The predicted octanol–water partition coefficient (Wildman–Crippen LogP) is 2.24. The summed E-state index contributed by atoms with van der Waals surface area (Å²) in [4.78, 5) is 40.7. The zero-order chi connectivity index (χ0) is 18.6. The number of rotatable bonds is 6. The van der Waals surface area contributed by atoms with Gasteiger partial charge in [-0.05, 0) is 25.5 Å². The average molecular weight is 365 g/mol. The molecule has 0 unspecified atom stereocenters. The lowest BCUT2D eigenvalue weighted by Gasteiger charge is -2.23. The minimum absolute atomic E-state index is 0.0237. The molecule has 0 aliphatic carbocycles. The zero-order valence-electron chi connectivity index (χ0n) is 14.2. The number of H-pyrrole nitrogens is 1. The third-order valence-corrected chi connectivity index (χ3v) is 4.21. The van der Waals surface area contributed by atoms with Gasteiger partial charge < -0.3 is 10.6 Å². The normalized spacial score (nSPS) is 10.7. The Morgan fingerprint density at radius 2 is 1.96 bits per heavy atom. The summed E-state index contributed by atoms with van der Waals surface area (Å²) in [7, 11) is 0. The molecule has 1 heterocycles. The smallest absolute Gasteiger partial charge is 0.330 e. The summed E-state index contributed by atoms with van der Waals surface area (Å²) in [6.45, 7) is 4.26. The number of aromatic nitrogens is 2. The molecule has 1 amide bonds. The highest BCUT2D eigenvalue weighted by Gasteiger charge is 2.25. The summed E-state index contributed by atoms with van der Waals surface area (Å²) in [5.74, 6) is -0.476. The van der Waals surface area contributed by atoms with E-state index in [0.717, 1.165) is 12.8 Å². The van der Waals surface area contributed by atoms with E-state index in [1.165, 1.54) is 9.47 Å². The number of benzene rings is 1. The Balaban J connectivity index is 2.58. The van der Waals surface area contributed by atoms with Crippen LogP contribution in [-0.2, 0) is 6.54 Å². The third kappa shape index (κ3) is 3.76. The maximum Gasteiger partial charge on any atom is 0.330 e. The topological polar surface area (TPSA) is 101 Å². The Morgan fingerprint density at radius 1 is 1.28 bits per heavy atom. The summed E-state index contributed by atoms with van der Waals surface area (Å²) in [5.41, 5.74) is 5.01. The van der Waals surface area contributed by atoms with E-state index in [2.05, 4.69) is 4.98 Å². The van der Waals surface area contributed by atoms with E-state index < -0.39 is 17.2 Å². The summed E-state index contributed by atoms with van der Waals surface area (Å²) >= 11 is 6.09. The second-order valence-corrected chi connectivity index (χ2v) is 5.93. The molecule has 3 N–H and O–H groups in total. The highest BCUT2D eigenvalue weighted by Crippen LogP contribution is 2.23. The highest BCUT2D eigenvalue weighted by molar-refractivity contribution is 6.34. The van der Waals surface area contributed by atoms with E-state index in [-0.39, 0.29) is 28.6 Å². The molecule has 0 atom stereocenters. The van der Waals surface area contributed by atoms with Crippen LogP contribution in [0, 0.1) is 0 Å². The van der Waals surface area contributed by atoms with Crippen LogP contribution in [0.15, 0.2) is 33.9 Å². The molecule has 0 fully saturated rings. The van der Waals surface area contributed by atoms with Gasteiger partial charge in [-0.1, -0.05) is 37.1 Å². The van der Waals surface area contributed by atoms with Gasteiger partial charge in [-0.15, -0.1) is 0 Å². The SMILES string of the molecule is CCCCn1c(N)c(N(CC)C(=O)c2ccccc2Cl)c(=O)[nH]c1=O. The van der Waals surface area contributed by atoms with Crippen molar-refractivity contribution in [2.75, 3.05) is 17.2 Å². The van der Waals surface area contributed by atoms with Crippen LogP contribution >= 0.6 is 11.6 Å². The van der Waals surface area contributed by atoms with Gasteiger partial charge in [0.25, 0.3) is 11.5 Å². The van der Waals surface area contributed by atoms with Gasteiger partial charge in [0.2, 0.25) is 0 Å². The average Bonchev–Trinajstić information content (AvgIpc) is 2.58. The van der Waals surface area contributed by atoms with E-state index in [9.17, 15) is 14.4 Å². The number of nitrogens with one attached hydrogen (secondary N) is 1. The summed E-state index contributed by atoms with van der Waals surface area (Å²) in [6.07, 6.45) is 1.58. The van der Waals surface area contributed by atoms with Crippen LogP contribution in [-0.4, -0.2) is 22.0 Å². The van der Waals surface area contributed by atoms with Crippen LogP contribution in [0.4, 0.5) is 11.5 Å². The lowest BCUT2D eigenvalue weighted by molar-refractivity contribution is 0.0988. The molecule has 8 heteroatoms. The van der Waals surface area contributed by atoms with Gasteiger partial charge in [0.05, 0.1) is 10.6 Å². The van der Waals surface area contributed by atoms with Crippen LogP contribution in [0.2, 0.25) is 5.02 Å². The van der Waals surface area contributed by atoms with Crippen LogP contribution in [0.5, 0.6) is 0 Å². The number of halogens is 1. The van der Waals surface area contributed by atoms with Crippen molar-refractivity contribution in [1.29, 1.82) is 0 Å². The van der Waals surface area contributed by atoms with Crippen LogP contribution < -0.4 is 21.9 Å². The fourth-order valence-corrected chi connectivity index (χ4v) is 2.78. The maximum absolute atomic E-state index is 12.9. The second kappa shape index (κ2) is 8.02. The minimum atomic E-state index is -0.697. The highest BCUT2D eigenvalue weighted by atomic mass is 35.5. The number of nitrogens with two attached hydrogens (primary N) is 1. The van der Waals surface area contributed by atoms with Crippen LogP contribution in [0.3, 0.4) is 0 Å². The lowest BCUT2D eigenvalue weighted by Crippen LogP contribution is -2.41. The monoisotopic (exact) mass is 364 g/mol. The van der Waals surface area contributed by atoms with Crippen molar-refractivity contribution < 1.29 is 4.79 Å². The van der Waals surface area contributed by atoms with Crippen molar-refractivity contribution in [1.82, 2.24) is 9.55 Å². The molecule has 1 aromatic heterocycles. The number of hydrogen-bond donors (Lipinski definition) is 2. The Hall–Kier alpha value is -2.54. The van der Waals surface area contributed by atoms with Crippen molar-refractivity contribution in [3.63, 3.8) is 0 Å². The first-order chi connectivity index (χ1) is 11.9. The third-order valence-electron chi connectivity index (χ3n) is 3.88. The first kappa shape index (κ1) is 18.8.